The highest BCUT2D eigenvalue weighted by Crippen LogP contribution is 2.25. The average Bonchev–Trinajstić information content (AvgIpc) is 2.68. The van der Waals surface area contributed by atoms with Crippen LogP contribution in [0.1, 0.15) is 10.4 Å². The van der Waals surface area contributed by atoms with Crippen molar-refractivity contribution in [3.8, 4) is 11.8 Å². The van der Waals surface area contributed by atoms with E-state index in [1.807, 2.05) is 0 Å². The minimum absolute atomic E-state index is 0.117. The summed E-state index contributed by atoms with van der Waals surface area (Å²) in [5, 5.41) is 12.0. The van der Waals surface area contributed by atoms with Crippen LogP contribution in [0.2, 0.25) is 0 Å². The van der Waals surface area contributed by atoms with Crippen molar-refractivity contribution in [2.45, 2.75) is 0 Å². The number of pyridine rings is 2. The number of hydrogen-bond donors (Lipinski definition) is 2. The van der Waals surface area contributed by atoms with Crippen molar-refractivity contribution in [1.29, 1.82) is 0 Å². The maximum absolute atomic E-state index is 12.8. The largest absolute Gasteiger partial charge is 0.481 e. The molecule has 0 saturated carbocycles. The lowest BCUT2D eigenvalue weighted by Gasteiger charge is -2.14. The van der Waals surface area contributed by atoms with E-state index >= 15 is 0 Å². The third-order valence-electron chi connectivity index (χ3n) is 3.84. The Morgan fingerprint density at radius 1 is 1.11 bits per heavy atom. The highest BCUT2D eigenvalue weighted by Gasteiger charge is 2.18. The fourth-order valence-electron chi connectivity index (χ4n) is 2.56. The molecule has 2 N–H and O–H groups in total. The first-order valence-electron chi connectivity index (χ1n) is 7.74. The summed E-state index contributed by atoms with van der Waals surface area (Å²) in [5.41, 5.74) is -0.650. The second-order valence-electron chi connectivity index (χ2n) is 5.40. The molecule has 1 aromatic carbocycles. The van der Waals surface area contributed by atoms with Crippen LogP contribution in [0.25, 0.3) is 10.9 Å². The number of aromatic nitrogens is 2. The van der Waals surface area contributed by atoms with Crippen LogP contribution in [-0.4, -0.2) is 40.9 Å². The number of carboxylic acids is 1. The third-order valence-corrected chi connectivity index (χ3v) is 3.84. The minimum Gasteiger partial charge on any atom is -0.481 e. The molecule has 138 valence electrons. The minimum atomic E-state index is -1.42. The van der Waals surface area contributed by atoms with Gasteiger partial charge in [0.05, 0.1) is 19.7 Å². The number of ether oxygens (including phenoxy) is 2. The number of fused-ring (bicyclic) bond motifs is 1. The molecule has 3 rings (SSSR count). The number of nitrogens with zero attached hydrogens (tertiary/aromatic N) is 2. The second kappa shape index (κ2) is 7.16. The summed E-state index contributed by atoms with van der Waals surface area (Å²) < 4.78 is 11.2. The number of benzene rings is 1. The number of carbonyl (C=O) groups excluding carboxylic acids is 1. The van der Waals surface area contributed by atoms with E-state index in [2.05, 4.69) is 10.3 Å². The highest BCUT2D eigenvalue weighted by atomic mass is 16.5. The predicted octanol–water partition coefficient (Wildman–Crippen LogP) is 2.19. The van der Waals surface area contributed by atoms with Gasteiger partial charge in [-0.3, -0.25) is 9.36 Å². The van der Waals surface area contributed by atoms with Gasteiger partial charge in [-0.15, -0.1) is 0 Å². The number of nitrogens with one attached hydrogen (secondary N) is 1. The number of amides is 1. The van der Waals surface area contributed by atoms with Gasteiger partial charge in [0.15, 0.2) is 0 Å². The summed E-state index contributed by atoms with van der Waals surface area (Å²) in [6.07, 6.45) is 0.992. The van der Waals surface area contributed by atoms with Crippen LogP contribution in [0.3, 0.4) is 0 Å². The topological polar surface area (TPSA) is 120 Å². The van der Waals surface area contributed by atoms with Gasteiger partial charge in [0.2, 0.25) is 17.2 Å². The number of aromatic carboxylic acids is 1. The van der Waals surface area contributed by atoms with E-state index in [0.717, 1.165) is 10.8 Å². The fourth-order valence-corrected chi connectivity index (χ4v) is 2.56. The maximum atomic E-state index is 12.8. The smallest absolute Gasteiger partial charge is 0.341 e. The molecule has 9 heteroatoms. The Morgan fingerprint density at radius 3 is 2.52 bits per heavy atom. The van der Waals surface area contributed by atoms with E-state index in [9.17, 15) is 19.5 Å². The van der Waals surface area contributed by atoms with Crippen molar-refractivity contribution in [2.75, 3.05) is 19.5 Å². The SMILES string of the molecule is COc1ccc(NC(=O)n2cc(C(=O)O)c(=O)c3ccccc32)c(OC)n1. The molecule has 0 bridgehead atoms. The Labute approximate surface area is 152 Å². The number of methoxy groups -OCH3 is 2. The molecule has 3 aromatic rings. The molecule has 0 saturated heterocycles. The lowest BCUT2D eigenvalue weighted by molar-refractivity contribution is 0.0695. The van der Waals surface area contributed by atoms with Crippen molar-refractivity contribution < 1.29 is 24.2 Å². The molecule has 1 amide bonds. The molecule has 2 aromatic heterocycles. The van der Waals surface area contributed by atoms with Crippen molar-refractivity contribution in [1.82, 2.24) is 9.55 Å². The standard InChI is InChI=1S/C18H15N3O6/c1-26-14-8-7-12(16(20-14)27-2)19-18(25)21-9-11(17(23)24)15(22)10-5-3-4-6-13(10)21/h3-9H,1-2H3,(H,19,25)(H,23,24). The van der Waals surface area contributed by atoms with Crippen LogP contribution in [0, 0.1) is 0 Å². The molecular formula is C18H15N3O6. The van der Waals surface area contributed by atoms with Gasteiger partial charge in [-0.05, 0) is 18.2 Å². The van der Waals surface area contributed by atoms with E-state index in [1.165, 1.54) is 32.4 Å². The summed E-state index contributed by atoms with van der Waals surface area (Å²) in [7, 11) is 2.83. The number of para-hydroxylation sites is 1. The van der Waals surface area contributed by atoms with E-state index < -0.39 is 23.0 Å². The quantitative estimate of drug-likeness (QED) is 0.723. The predicted molar refractivity (Wildman–Crippen MR) is 96.9 cm³/mol. The van der Waals surface area contributed by atoms with Gasteiger partial charge >= 0.3 is 12.0 Å². The summed E-state index contributed by atoms with van der Waals surface area (Å²) >= 11 is 0. The van der Waals surface area contributed by atoms with Crippen LogP contribution < -0.4 is 20.2 Å². The van der Waals surface area contributed by atoms with E-state index in [0.29, 0.717) is 5.88 Å². The molecule has 0 spiro atoms. The molecular weight excluding hydrogens is 354 g/mol. The fraction of sp³-hybridized carbons (Fsp3) is 0.111. The first-order chi connectivity index (χ1) is 13.0. The molecule has 9 nitrogen and oxygen atoms in total. The zero-order chi connectivity index (χ0) is 19.6. The van der Waals surface area contributed by atoms with Crippen molar-refractivity contribution in [3.63, 3.8) is 0 Å². The van der Waals surface area contributed by atoms with Gasteiger partial charge in [-0.1, -0.05) is 12.1 Å². The molecule has 0 unspecified atom stereocenters. The Hall–Kier alpha value is -3.88. The summed E-state index contributed by atoms with van der Waals surface area (Å²) in [6.45, 7) is 0. The molecule has 0 aliphatic rings. The lowest BCUT2D eigenvalue weighted by Crippen LogP contribution is -2.26. The number of carboxylic acid groups (broad SMARTS) is 1. The Balaban J connectivity index is 2.10. The summed E-state index contributed by atoms with van der Waals surface area (Å²) in [4.78, 5) is 40.5. The van der Waals surface area contributed by atoms with Crippen LogP contribution in [0.5, 0.6) is 11.8 Å². The number of anilines is 1. The maximum Gasteiger partial charge on any atom is 0.341 e. The molecule has 0 radical (unpaired) electrons. The van der Waals surface area contributed by atoms with Crippen molar-refractivity contribution in [3.05, 3.63) is 58.4 Å². The van der Waals surface area contributed by atoms with Gasteiger partial charge in [0, 0.05) is 17.6 Å². The van der Waals surface area contributed by atoms with E-state index in [4.69, 9.17) is 9.47 Å². The average molecular weight is 369 g/mol. The summed E-state index contributed by atoms with van der Waals surface area (Å²) in [6, 6.07) is 8.62. The monoisotopic (exact) mass is 369 g/mol. The molecule has 0 aliphatic carbocycles. The van der Waals surface area contributed by atoms with Crippen LogP contribution in [-0.2, 0) is 0 Å². The van der Waals surface area contributed by atoms with Crippen molar-refractivity contribution >= 4 is 28.6 Å². The number of hydrogen-bond acceptors (Lipinski definition) is 6. The van der Waals surface area contributed by atoms with Crippen LogP contribution in [0.15, 0.2) is 47.4 Å². The second-order valence-corrected chi connectivity index (χ2v) is 5.40. The Bertz CT molecular complexity index is 1110. The molecule has 0 fully saturated rings. The first kappa shape index (κ1) is 17.9. The molecule has 27 heavy (non-hydrogen) atoms. The highest BCUT2D eigenvalue weighted by molar-refractivity contribution is 6.01. The van der Waals surface area contributed by atoms with Gasteiger partial charge in [-0.2, -0.15) is 4.98 Å². The normalized spacial score (nSPS) is 10.4. The first-order valence-corrected chi connectivity index (χ1v) is 7.74. The molecule has 2 heterocycles. The van der Waals surface area contributed by atoms with E-state index in [1.54, 1.807) is 18.2 Å². The Morgan fingerprint density at radius 2 is 1.85 bits per heavy atom. The zero-order valence-electron chi connectivity index (χ0n) is 14.4. The number of rotatable bonds is 4. The third kappa shape index (κ3) is 3.30. The number of carbonyl (C=O) groups is 2. The van der Waals surface area contributed by atoms with Gasteiger partial charge in [0.25, 0.3) is 0 Å². The summed E-state index contributed by atoms with van der Waals surface area (Å²) in [5.74, 6) is -1.01. The zero-order valence-corrected chi connectivity index (χ0v) is 14.4. The van der Waals surface area contributed by atoms with Crippen LogP contribution >= 0.6 is 0 Å². The molecule has 0 aliphatic heterocycles. The van der Waals surface area contributed by atoms with Crippen LogP contribution in [0.4, 0.5) is 10.5 Å². The van der Waals surface area contributed by atoms with Gasteiger partial charge < -0.3 is 19.9 Å². The Kier molecular flexibility index (Phi) is 4.75. The van der Waals surface area contributed by atoms with Gasteiger partial charge in [0.1, 0.15) is 11.3 Å². The molecule has 0 atom stereocenters. The van der Waals surface area contributed by atoms with E-state index in [-0.39, 0.29) is 22.5 Å². The lowest BCUT2D eigenvalue weighted by atomic mass is 10.1. The van der Waals surface area contributed by atoms with Crippen molar-refractivity contribution in [2.24, 2.45) is 0 Å². The van der Waals surface area contributed by atoms with Gasteiger partial charge in [-0.25, -0.2) is 9.59 Å².